The molecule has 137 heavy (non-hydrogen) atoms. The van der Waals surface area contributed by atoms with E-state index in [0.29, 0.717) is 0 Å². The number of thiophene rings is 2. The highest BCUT2D eigenvalue weighted by atomic mass is 32.1. The summed E-state index contributed by atoms with van der Waals surface area (Å²) < 4.78 is 17.1. The van der Waals surface area contributed by atoms with E-state index >= 15 is 0 Å². The molecule has 20 aromatic carbocycles. The van der Waals surface area contributed by atoms with Crippen LogP contribution in [-0.2, 0) is 14.1 Å². The summed E-state index contributed by atoms with van der Waals surface area (Å²) in [7, 11) is 4.23. The molecule has 0 aliphatic heterocycles. The van der Waals surface area contributed by atoms with Gasteiger partial charge in [0.25, 0.3) is 0 Å². The average Bonchev–Trinajstić information content (AvgIpc) is 1.59. The lowest BCUT2D eigenvalue weighted by Gasteiger charge is -2.08. The summed E-state index contributed by atoms with van der Waals surface area (Å²) in [5.74, 6) is 0. The Morgan fingerprint density at radius 1 is 0.153 bits per heavy atom. The van der Waals surface area contributed by atoms with E-state index in [0.717, 1.165) is 0 Å². The Hall–Kier alpha value is -16.2. The first-order chi connectivity index (χ1) is 67.2. The lowest BCUT2D eigenvalue weighted by atomic mass is 10.1. The van der Waals surface area contributed by atoms with Gasteiger partial charge in [-0.1, -0.05) is 392 Å². The van der Waals surface area contributed by atoms with E-state index in [4.69, 9.17) is 0 Å². The molecule has 7 heterocycles. The predicted molar refractivity (Wildman–Crippen MR) is 599 cm³/mol. The van der Waals surface area contributed by atoms with E-state index in [9.17, 15) is 0 Å². The van der Waals surface area contributed by atoms with Crippen molar-refractivity contribution in [3.8, 4) is 17.1 Å². The summed E-state index contributed by atoms with van der Waals surface area (Å²) in [5, 5.41) is 18.9. The molecule has 0 aliphatic carbocycles. The van der Waals surface area contributed by atoms with Crippen LogP contribution in [0.2, 0.25) is 0 Å². The van der Waals surface area contributed by atoms with Crippen molar-refractivity contribution >= 4 is 172 Å². The van der Waals surface area contributed by atoms with Crippen LogP contribution in [0.3, 0.4) is 0 Å². The molecule has 7 aromatic heterocycles. The molecular formula is C130H111N5S2. The number of hydrogen-bond acceptors (Lipinski definition) is 2. The van der Waals surface area contributed by atoms with Crippen molar-refractivity contribution in [3.05, 3.63) is 536 Å². The van der Waals surface area contributed by atoms with Gasteiger partial charge in [-0.05, 0) is 199 Å². The van der Waals surface area contributed by atoms with Crippen LogP contribution in [0.15, 0.2) is 491 Å². The first-order valence-electron chi connectivity index (χ1n) is 47.0. The zero-order valence-corrected chi connectivity index (χ0v) is 81.0. The zero-order chi connectivity index (χ0) is 94.1. The second-order valence-corrected chi connectivity index (χ2v) is 37.0. The Morgan fingerprint density at radius 2 is 0.423 bits per heavy atom. The van der Waals surface area contributed by atoms with Gasteiger partial charge >= 0.3 is 0 Å². The molecule has 0 N–H and O–H groups in total. The largest absolute Gasteiger partial charge is 0.344 e. The predicted octanol–water partition coefficient (Wildman–Crippen LogP) is 36.7. The molecule has 0 amide bonds. The molecular weight excluding hydrogens is 1700 g/mol. The van der Waals surface area contributed by atoms with E-state index in [1.807, 2.05) is 77.3 Å². The summed E-state index contributed by atoms with van der Waals surface area (Å²) >= 11 is 3.75. The fourth-order valence-corrected chi connectivity index (χ4v) is 20.8. The topological polar surface area (TPSA) is 24.6 Å². The van der Waals surface area contributed by atoms with Crippen molar-refractivity contribution in [2.45, 2.75) is 55.4 Å². The van der Waals surface area contributed by atoms with Gasteiger partial charge in [-0.15, -0.1) is 22.7 Å². The number of fused-ring (bicyclic) bond motifs is 21. The number of nitrogens with zero attached hydrogens (tertiary/aromatic N) is 5. The van der Waals surface area contributed by atoms with Gasteiger partial charge < -0.3 is 22.8 Å². The summed E-state index contributed by atoms with van der Waals surface area (Å²) in [6, 6.07) is 173. The van der Waals surface area contributed by atoms with Gasteiger partial charge in [0.2, 0.25) is 0 Å². The van der Waals surface area contributed by atoms with Crippen LogP contribution in [0.5, 0.6) is 0 Å². The summed E-state index contributed by atoms with van der Waals surface area (Å²) in [6.45, 7) is 17.1. The molecule has 27 rings (SSSR count). The molecule has 7 heteroatoms. The molecule has 0 aliphatic rings. The van der Waals surface area contributed by atoms with Gasteiger partial charge in [-0.3, -0.25) is 0 Å². The number of benzene rings is 20. The fourth-order valence-electron chi connectivity index (χ4n) is 18.5. The molecule has 0 saturated carbocycles. The minimum atomic E-state index is 1.21. The molecule has 5 nitrogen and oxygen atoms in total. The van der Waals surface area contributed by atoms with Gasteiger partial charge in [0, 0.05) is 147 Å². The van der Waals surface area contributed by atoms with Crippen LogP contribution in [-0.4, -0.2) is 22.8 Å². The number of hydrogen-bond donors (Lipinski definition) is 0. The Balaban J connectivity index is 0.000000103. The van der Waals surface area contributed by atoms with Crippen molar-refractivity contribution < 1.29 is 0 Å². The smallest absolute Gasteiger partial charge is 0.0570 e. The SMILES string of the molecule is Cc1ccc2c(c1)c1ccccc1n2-c1ccccc1.Cc1ccc2c3ccccc3n(-c3ccccc3)c2c1.Cc1ccc2sc3ccccc3c2c1.Cc1cccc2c3ccccc3n(-c3ccccc3)c12.Cc1cccc2sc3ccccc3c12.Cc1ccccc1.Cc1ccccc1.Cc1ccccc1.Cn1c2ccccc2c2ccccc21.Cn1c2ccccc2c2ccccc21. The van der Waals surface area contributed by atoms with Gasteiger partial charge in [0.1, 0.15) is 0 Å². The second-order valence-electron chi connectivity index (χ2n) is 34.9. The lowest BCUT2D eigenvalue weighted by molar-refractivity contribution is 1.01. The highest BCUT2D eigenvalue weighted by Gasteiger charge is 2.17. The maximum absolute atomic E-state index is 2.36. The normalized spacial score (nSPS) is 10.8. The van der Waals surface area contributed by atoms with Crippen LogP contribution < -0.4 is 0 Å². The summed E-state index contributed by atoms with van der Waals surface area (Å²) in [4.78, 5) is 0. The first kappa shape index (κ1) is 91.3. The third-order valence-corrected chi connectivity index (χ3v) is 27.5. The summed E-state index contributed by atoms with van der Waals surface area (Å²) in [6.07, 6.45) is 0. The molecule has 0 atom stereocenters. The number of aromatic nitrogens is 5. The maximum Gasteiger partial charge on any atom is 0.0570 e. The van der Waals surface area contributed by atoms with E-state index in [2.05, 4.69) is 529 Å². The van der Waals surface area contributed by atoms with Crippen molar-refractivity contribution in [1.82, 2.24) is 22.8 Å². The van der Waals surface area contributed by atoms with Gasteiger partial charge in [-0.2, -0.15) is 0 Å². The monoisotopic (exact) mass is 1810 g/mol. The Bertz CT molecular complexity index is 8420. The Labute approximate surface area is 811 Å². The van der Waals surface area contributed by atoms with E-state index in [1.54, 1.807) is 0 Å². The van der Waals surface area contributed by atoms with E-state index in [-0.39, 0.29) is 0 Å². The van der Waals surface area contributed by atoms with Gasteiger partial charge in [0.05, 0.1) is 33.1 Å². The standard InChI is InChI=1S/3C19H15N.2C13H11N.2C13H10S.3C7H8/c1-14-8-7-12-17-16-11-5-6-13-18(16)20(19(14)17)15-9-3-2-4-10-15;1-14-11-12-19-17(13-14)16-9-5-6-10-18(16)20(19)15-7-3-2-4-8-15;1-14-11-12-17-16-9-5-6-10-18(16)20(19(17)13-14)15-7-3-2-4-8-15;2*1-14-12-8-4-2-6-10(12)11-7-3-5-9-13(11)14;1-9-5-4-8-12-13(9)10-6-2-3-7-11(10)14-12;1-9-6-7-13-11(8-9)10-4-2-3-5-12(10)14-13;3*1-7-5-3-2-4-6-7/h3*2-13H,1H3;2*2-9H,1H3;2*2-8H,1H3;3*2-6H,1H3. The molecule has 0 unspecified atom stereocenters. The van der Waals surface area contributed by atoms with Crippen molar-refractivity contribution in [1.29, 1.82) is 0 Å². The minimum absolute atomic E-state index is 1.21. The zero-order valence-electron chi connectivity index (χ0n) is 79.3. The molecule has 668 valence electrons. The third kappa shape index (κ3) is 20.4. The van der Waals surface area contributed by atoms with E-state index < -0.39 is 0 Å². The molecule has 0 spiro atoms. The maximum atomic E-state index is 2.36. The quantitative estimate of drug-likeness (QED) is 0.168. The van der Waals surface area contributed by atoms with Crippen LogP contribution in [0, 0.1) is 55.4 Å². The highest BCUT2D eigenvalue weighted by Crippen LogP contribution is 2.40. The van der Waals surface area contributed by atoms with Crippen LogP contribution >= 0.6 is 22.7 Å². The number of aryl methyl sites for hydroxylation is 10. The van der Waals surface area contributed by atoms with Crippen LogP contribution in [0.4, 0.5) is 0 Å². The number of rotatable bonds is 3. The van der Waals surface area contributed by atoms with Crippen molar-refractivity contribution in [2.75, 3.05) is 0 Å². The summed E-state index contributed by atoms with van der Waals surface area (Å²) in [5.41, 5.74) is 27.0. The molecule has 27 aromatic rings. The van der Waals surface area contributed by atoms with Crippen LogP contribution in [0.1, 0.15) is 44.5 Å². The Kier molecular flexibility index (Phi) is 28.5. The van der Waals surface area contributed by atoms with Gasteiger partial charge in [-0.25, -0.2) is 0 Å². The Morgan fingerprint density at radius 3 is 0.869 bits per heavy atom. The van der Waals surface area contributed by atoms with Crippen molar-refractivity contribution in [2.24, 2.45) is 14.1 Å². The fraction of sp³-hybridized carbons (Fsp3) is 0.0769. The molecule has 0 bridgehead atoms. The third-order valence-electron chi connectivity index (χ3n) is 25.2. The van der Waals surface area contributed by atoms with Crippen LogP contribution in [0.25, 0.3) is 166 Å². The highest BCUT2D eigenvalue weighted by molar-refractivity contribution is 7.26. The van der Waals surface area contributed by atoms with Crippen molar-refractivity contribution in [3.63, 3.8) is 0 Å². The average molecular weight is 1810 g/mol. The molecule has 0 saturated heterocycles. The second kappa shape index (κ2) is 42.8. The molecule has 0 radical (unpaired) electrons. The van der Waals surface area contributed by atoms with Gasteiger partial charge in [0.15, 0.2) is 0 Å². The lowest BCUT2D eigenvalue weighted by Crippen LogP contribution is -1.94. The minimum Gasteiger partial charge on any atom is -0.344 e. The first-order valence-corrected chi connectivity index (χ1v) is 48.6. The number of para-hydroxylation sites is 11. The van der Waals surface area contributed by atoms with E-state index in [1.165, 1.54) is 211 Å². The molecule has 0 fully saturated rings.